The molecule has 112 valence electrons. The minimum Gasteiger partial charge on any atom is -0.465 e. The van der Waals surface area contributed by atoms with Crippen LogP contribution in [0.2, 0.25) is 0 Å². The summed E-state index contributed by atoms with van der Waals surface area (Å²) in [4.78, 5) is 26.6. The number of hydrogen-bond acceptors (Lipinski definition) is 4. The van der Waals surface area contributed by atoms with Crippen LogP contribution in [0, 0.1) is 0 Å². The van der Waals surface area contributed by atoms with Crippen LogP contribution in [0.5, 0.6) is 0 Å². The minimum absolute atomic E-state index is 0.00800. The molecule has 1 aromatic heterocycles. The third-order valence-corrected chi connectivity index (χ3v) is 3.88. The molecule has 5 heteroatoms. The van der Waals surface area contributed by atoms with Gasteiger partial charge in [0.1, 0.15) is 6.54 Å². The molecule has 0 saturated carbocycles. The molecule has 0 saturated heterocycles. The van der Waals surface area contributed by atoms with Crippen LogP contribution in [-0.4, -0.2) is 36.0 Å². The van der Waals surface area contributed by atoms with E-state index in [1.165, 1.54) is 4.88 Å². The molecule has 0 aliphatic rings. The van der Waals surface area contributed by atoms with E-state index in [0.717, 1.165) is 12.8 Å². The van der Waals surface area contributed by atoms with Gasteiger partial charge < -0.3 is 9.64 Å². The van der Waals surface area contributed by atoms with Gasteiger partial charge in [0.25, 0.3) is 0 Å². The Balaban J connectivity index is 2.41. The van der Waals surface area contributed by atoms with Gasteiger partial charge in [-0.2, -0.15) is 0 Å². The number of ether oxygens (including phenoxy) is 1. The van der Waals surface area contributed by atoms with Crippen LogP contribution in [0.3, 0.4) is 0 Å². The average molecular weight is 297 g/mol. The first kappa shape index (κ1) is 16.7. The maximum absolute atomic E-state index is 12.2. The van der Waals surface area contributed by atoms with Crippen LogP contribution >= 0.6 is 11.3 Å². The van der Waals surface area contributed by atoms with Gasteiger partial charge in [0.2, 0.25) is 5.91 Å². The first-order chi connectivity index (χ1) is 9.54. The maximum Gasteiger partial charge on any atom is 0.325 e. The molecule has 1 aromatic rings. The predicted octanol–water partition coefficient (Wildman–Crippen LogP) is 2.87. The smallest absolute Gasteiger partial charge is 0.325 e. The fourth-order valence-electron chi connectivity index (χ4n) is 1.92. The molecule has 0 bridgehead atoms. The van der Waals surface area contributed by atoms with Gasteiger partial charge in [-0.05, 0) is 45.1 Å². The monoisotopic (exact) mass is 297 g/mol. The molecule has 1 rings (SSSR count). The van der Waals surface area contributed by atoms with E-state index < -0.39 is 0 Å². The summed E-state index contributed by atoms with van der Waals surface area (Å²) in [6.45, 7) is 5.98. The second-order valence-electron chi connectivity index (χ2n) is 4.85. The highest BCUT2D eigenvalue weighted by atomic mass is 32.1. The number of carbonyl (C=O) groups is 2. The van der Waals surface area contributed by atoms with Crippen molar-refractivity contribution in [3.63, 3.8) is 0 Å². The lowest BCUT2D eigenvalue weighted by Gasteiger charge is -2.25. The molecule has 0 unspecified atom stereocenters. The fraction of sp³-hybridized carbons (Fsp3) is 0.600. The molecule has 0 aliphatic carbocycles. The first-order valence-electron chi connectivity index (χ1n) is 7.02. The molecule has 4 nitrogen and oxygen atoms in total. The van der Waals surface area contributed by atoms with Crippen LogP contribution in [-0.2, 0) is 20.7 Å². The van der Waals surface area contributed by atoms with Crippen LogP contribution in [0.15, 0.2) is 17.5 Å². The SMILES string of the molecule is CCOC(=O)CN(C(=O)CCCc1cccs1)C(C)C. The molecule has 1 heterocycles. The summed E-state index contributed by atoms with van der Waals surface area (Å²) in [5, 5.41) is 2.04. The summed E-state index contributed by atoms with van der Waals surface area (Å²) in [6, 6.07) is 4.10. The Hall–Kier alpha value is -1.36. The lowest BCUT2D eigenvalue weighted by molar-refractivity contribution is -0.150. The van der Waals surface area contributed by atoms with Crippen molar-refractivity contribution in [1.29, 1.82) is 0 Å². The maximum atomic E-state index is 12.2. The number of esters is 1. The summed E-state index contributed by atoms with van der Waals surface area (Å²) in [6.07, 6.45) is 2.19. The van der Waals surface area contributed by atoms with Crippen molar-refractivity contribution in [2.24, 2.45) is 0 Å². The highest BCUT2D eigenvalue weighted by Crippen LogP contribution is 2.13. The molecule has 20 heavy (non-hydrogen) atoms. The molecule has 0 radical (unpaired) electrons. The van der Waals surface area contributed by atoms with E-state index in [1.807, 2.05) is 25.3 Å². The summed E-state index contributed by atoms with van der Waals surface area (Å²) >= 11 is 1.71. The lowest BCUT2D eigenvalue weighted by atomic mass is 10.2. The number of amides is 1. The van der Waals surface area contributed by atoms with Gasteiger partial charge >= 0.3 is 5.97 Å². The Morgan fingerprint density at radius 3 is 2.70 bits per heavy atom. The van der Waals surface area contributed by atoms with E-state index in [2.05, 4.69) is 6.07 Å². The molecular weight excluding hydrogens is 274 g/mol. The van der Waals surface area contributed by atoms with Gasteiger partial charge in [-0.1, -0.05) is 6.07 Å². The molecule has 0 fully saturated rings. The molecular formula is C15H23NO3S. The van der Waals surface area contributed by atoms with Gasteiger partial charge in [-0.25, -0.2) is 0 Å². The first-order valence-corrected chi connectivity index (χ1v) is 7.90. The number of hydrogen-bond donors (Lipinski definition) is 0. The second kappa shape index (κ2) is 8.74. The Morgan fingerprint density at radius 1 is 1.40 bits per heavy atom. The van der Waals surface area contributed by atoms with E-state index in [4.69, 9.17) is 4.74 Å². The zero-order chi connectivity index (χ0) is 15.0. The van der Waals surface area contributed by atoms with E-state index >= 15 is 0 Å². The number of nitrogens with zero attached hydrogens (tertiary/aromatic N) is 1. The van der Waals surface area contributed by atoms with Gasteiger partial charge in [0.05, 0.1) is 6.61 Å². The fourth-order valence-corrected chi connectivity index (χ4v) is 2.67. The standard InChI is InChI=1S/C15H23NO3S/c1-4-19-15(18)11-16(12(2)3)14(17)9-5-7-13-8-6-10-20-13/h6,8,10,12H,4-5,7,9,11H2,1-3H3. The second-order valence-corrected chi connectivity index (χ2v) is 5.89. The van der Waals surface area contributed by atoms with E-state index in [0.29, 0.717) is 13.0 Å². The quantitative estimate of drug-likeness (QED) is 0.693. The Bertz CT molecular complexity index is 415. The molecule has 0 atom stereocenters. The van der Waals surface area contributed by atoms with Crippen molar-refractivity contribution in [1.82, 2.24) is 4.90 Å². The van der Waals surface area contributed by atoms with Crippen molar-refractivity contribution in [3.8, 4) is 0 Å². The summed E-state index contributed by atoms with van der Waals surface area (Å²) in [5.74, 6) is -0.322. The summed E-state index contributed by atoms with van der Waals surface area (Å²) < 4.78 is 4.90. The van der Waals surface area contributed by atoms with Gasteiger partial charge in [-0.3, -0.25) is 9.59 Å². The molecule has 0 spiro atoms. The normalized spacial score (nSPS) is 10.6. The average Bonchev–Trinajstić information content (AvgIpc) is 2.89. The topological polar surface area (TPSA) is 46.6 Å². The summed E-state index contributed by atoms with van der Waals surface area (Å²) in [5.41, 5.74) is 0. The van der Waals surface area contributed by atoms with Crippen molar-refractivity contribution < 1.29 is 14.3 Å². The van der Waals surface area contributed by atoms with Crippen molar-refractivity contribution in [3.05, 3.63) is 22.4 Å². The molecule has 0 aromatic carbocycles. The van der Waals surface area contributed by atoms with Crippen molar-refractivity contribution in [2.75, 3.05) is 13.2 Å². The third kappa shape index (κ3) is 5.74. The van der Waals surface area contributed by atoms with E-state index in [9.17, 15) is 9.59 Å². The predicted molar refractivity (Wildman–Crippen MR) is 80.7 cm³/mol. The van der Waals surface area contributed by atoms with Gasteiger partial charge in [-0.15, -0.1) is 11.3 Å². The number of rotatable bonds is 8. The third-order valence-electron chi connectivity index (χ3n) is 2.94. The zero-order valence-corrected chi connectivity index (χ0v) is 13.2. The minimum atomic E-state index is -0.340. The zero-order valence-electron chi connectivity index (χ0n) is 12.4. The Kier molecular flexibility index (Phi) is 7.30. The Labute approximate surface area is 124 Å². The lowest BCUT2D eigenvalue weighted by Crippen LogP contribution is -2.41. The van der Waals surface area contributed by atoms with Crippen molar-refractivity contribution >= 4 is 23.2 Å². The van der Waals surface area contributed by atoms with Gasteiger partial charge in [0, 0.05) is 17.3 Å². The van der Waals surface area contributed by atoms with Gasteiger partial charge in [0.15, 0.2) is 0 Å². The molecule has 0 N–H and O–H groups in total. The highest BCUT2D eigenvalue weighted by molar-refractivity contribution is 7.09. The molecule has 0 aliphatic heterocycles. The van der Waals surface area contributed by atoms with Crippen molar-refractivity contribution in [2.45, 2.75) is 46.1 Å². The Morgan fingerprint density at radius 2 is 2.15 bits per heavy atom. The van der Waals surface area contributed by atoms with Crippen LogP contribution in [0.4, 0.5) is 0 Å². The highest BCUT2D eigenvalue weighted by Gasteiger charge is 2.20. The molecule has 1 amide bonds. The largest absolute Gasteiger partial charge is 0.465 e. The van der Waals surface area contributed by atoms with E-state index in [1.54, 1.807) is 23.2 Å². The van der Waals surface area contributed by atoms with E-state index in [-0.39, 0.29) is 24.5 Å². The van der Waals surface area contributed by atoms with Crippen LogP contribution in [0.1, 0.15) is 38.5 Å². The van der Waals surface area contributed by atoms with Crippen LogP contribution in [0.25, 0.3) is 0 Å². The number of thiophene rings is 1. The summed E-state index contributed by atoms with van der Waals surface area (Å²) in [7, 11) is 0. The van der Waals surface area contributed by atoms with Crippen LogP contribution < -0.4 is 0 Å². The number of carbonyl (C=O) groups excluding carboxylic acids is 2. The number of aryl methyl sites for hydroxylation is 1.